The van der Waals surface area contributed by atoms with Crippen LogP contribution in [-0.4, -0.2) is 44.0 Å². The Morgan fingerprint density at radius 2 is 1.84 bits per heavy atom. The van der Waals surface area contributed by atoms with E-state index in [0.717, 1.165) is 4.90 Å². The Bertz CT molecular complexity index is 625. The van der Waals surface area contributed by atoms with Crippen molar-refractivity contribution < 1.29 is 35.6 Å². The van der Waals surface area contributed by atoms with Crippen LogP contribution in [0.1, 0.15) is 10.4 Å². The molecule has 7 nitrogen and oxygen atoms in total. The fraction of sp³-hybridized carbons (Fsp3) is 0.267. The number of rotatable bonds is 7. The first-order valence-corrected chi connectivity index (χ1v) is 12.7. The number of imide groups is 1. The van der Waals surface area contributed by atoms with Gasteiger partial charge in [0.1, 0.15) is 6.61 Å². The molecule has 10 heteroatoms. The summed E-state index contributed by atoms with van der Waals surface area (Å²) in [5.41, 5.74) is 5.95. The Balaban J connectivity index is 0.000000970. The number of hydrogen-bond acceptors (Lipinski definition) is 6. The molecule has 1 aliphatic heterocycles. The number of ether oxygens (including phenoxy) is 1. The molecule has 1 aromatic carbocycles. The second-order valence-corrected chi connectivity index (χ2v) is 7.90. The standard InChI is InChI=1S/C15H17N3O4.2ClH.Pt/c16-6-7-17-8-9-22-15(21)11-2-1-3-12(10-11)18-13(19)4-5-14(18)20;;;/h1-5,10,17H,6-9,16H2;2*1H;/q;;;+2/p-2. The molecule has 1 heterocycles. The Morgan fingerprint density at radius 3 is 2.44 bits per heavy atom. The summed E-state index contributed by atoms with van der Waals surface area (Å²) in [5, 5.41) is 3.00. The van der Waals surface area contributed by atoms with Crippen molar-refractivity contribution in [2.45, 2.75) is 0 Å². The Hall–Kier alpha value is -1.24. The van der Waals surface area contributed by atoms with Gasteiger partial charge in [-0.15, -0.1) is 0 Å². The molecule has 0 unspecified atom stereocenters. The quantitative estimate of drug-likeness (QED) is 0.291. The second-order valence-electron chi connectivity index (χ2n) is 4.62. The van der Waals surface area contributed by atoms with E-state index in [1.165, 1.54) is 18.2 Å². The number of nitrogens with two attached hydrogens (primary N) is 1. The van der Waals surface area contributed by atoms with Crippen LogP contribution >= 0.6 is 18.8 Å². The molecule has 2 rings (SSSR count). The van der Waals surface area contributed by atoms with Crippen molar-refractivity contribution in [2.75, 3.05) is 31.1 Å². The van der Waals surface area contributed by atoms with E-state index < -0.39 is 34.3 Å². The monoisotopic (exact) mass is 568 g/mol. The van der Waals surface area contributed by atoms with Crippen LogP contribution in [0, 0.1) is 0 Å². The fourth-order valence-corrected chi connectivity index (χ4v) is 1.95. The van der Waals surface area contributed by atoms with E-state index in [-0.39, 0.29) is 12.2 Å². The van der Waals surface area contributed by atoms with E-state index in [2.05, 4.69) is 5.32 Å². The molecule has 0 atom stereocenters. The van der Waals surface area contributed by atoms with Crippen molar-refractivity contribution in [3.8, 4) is 0 Å². The van der Waals surface area contributed by atoms with Crippen LogP contribution in [0.2, 0.25) is 0 Å². The number of esters is 1. The molecule has 0 spiro atoms. The van der Waals surface area contributed by atoms with Gasteiger partial charge < -0.3 is 15.8 Å². The summed E-state index contributed by atoms with van der Waals surface area (Å²) in [6.45, 7) is 1.89. The van der Waals surface area contributed by atoms with Crippen molar-refractivity contribution in [1.82, 2.24) is 5.32 Å². The predicted molar refractivity (Wildman–Crippen MR) is 92.0 cm³/mol. The average Bonchev–Trinajstić information content (AvgIpc) is 2.94. The number of anilines is 1. The molecule has 3 N–H and O–H groups in total. The number of hydrogen-bond donors (Lipinski definition) is 2. The zero-order valence-corrected chi connectivity index (χ0v) is 16.8. The fourth-order valence-electron chi connectivity index (χ4n) is 1.95. The summed E-state index contributed by atoms with van der Waals surface area (Å²) >= 11 is -0.472. The molecule has 140 valence electrons. The third-order valence-electron chi connectivity index (χ3n) is 2.98. The maximum absolute atomic E-state index is 11.9. The average molecular weight is 569 g/mol. The second kappa shape index (κ2) is 12.2. The van der Waals surface area contributed by atoms with Gasteiger partial charge in [0.2, 0.25) is 0 Å². The first-order valence-electron chi connectivity index (χ1n) is 7.11. The van der Waals surface area contributed by atoms with Crippen LogP contribution in [0.25, 0.3) is 0 Å². The molecule has 0 saturated heterocycles. The third-order valence-corrected chi connectivity index (χ3v) is 2.98. The molecular weight excluding hydrogens is 552 g/mol. The van der Waals surface area contributed by atoms with Crippen molar-refractivity contribution in [1.29, 1.82) is 0 Å². The van der Waals surface area contributed by atoms with Crippen molar-refractivity contribution in [3.63, 3.8) is 0 Å². The summed E-state index contributed by atoms with van der Waals surface area (Å²) in [5.74, 6) is -1.37. The summed E-state index contributed by atoms with van der Waals surface area (Å²) in [6.07, 6.45) is 2.38. The minimum absolute atomic E-state index is 0.214. The summed E-state index contributed by atoms with van der Waals surface area (Å²) < 4.78 is 5.10. The number of nitrogens with one attached hydrogen (secondary N) is 1. The Labute approximate surface area is 161 Å². The van der Waals surface area contributed by atoms with Crippen LogP contribution in [0.15, 0.2) is 36.4 Å². The van der Waals surface area contributed by atoms with Gasteiger partial charge in [0.25, 0.3) is 11.8 Å². The van der Waals surface area contributed by atoms with Crippen LogP contribution in [0.4, 0.5) is 5.69 Å². The summed E-state index contributed by atoms with van der Waals surface area (Å²) in [7, 11) is 9.75. The SMILES string of the molecule is NCCNCCOC(=O)c1cccc(N2C(=O)C=CC2=O)c1.[Cl][Pt][Cl]. The van der Waals surface area contributed by atoms with Gasteiger partial charge in [-0.1, -0.05) is 6.07 Å². The zero-order valence-electron chi connectivity index (χ0n) is 13.0. The van der Waals surface area contributed by atoms with Gasteiger partial charge in [0, 0.05) is 31.8 Å². The first kappa shape index (κ1) is 21.8. The van der Waals surface area contributed by atoms with Gasteiger partial charge in [0.15, 0.2) is 0 Å². The molecular formula is C15H17Cl2N3O4Pt. The summed E-state index contributed by atoms with van der Waals surface area (Å²) in [4.78, 5) is 36.2. The van der Waals surface area contributed by atoms with Gasteiger partial charge in [0.05, 0.1) is 11.3 Å². The van der Waals surface area contributed by atoms with E-state index in [1.807, 2.05) is 0 Å². The molecule has 0 saturated carbocycles. The van der Waals surface area contributed by atoms with Crippen LogP contribution < -0.4 is 16.0 Å². The van der Waals surface area contributed by atoms with Crippen molar-refractivity contribution >= 4 is 42.3 Å². The van der Waals surface area contributed by atoms with Gasteiger partial charge in [-0.05, 0) is 18.2 Å². The number of nitrogens with zero attached hydrogens (tertiary/aromatic N) is 1. The Kier molecular flexibility index (Phi) is 10.6. The zero-order chi connectivity index (χ0) is 18.7. The maximum atomic E-state index is 11.9. The minimum atomic E-state index is -0.511. The number of halogens is 2. The van der Waals surface area contributed by atoms with Crippen molar-refractivity contribution in [2.24, 2.45) is 5.73 Å². The van der Waals surface area contributed by atoms with Gasteiger partial charge in [-0.25, -0.2) is 9.69 Å². The number of carbonyl (C=O) groups is 3. The predicted octanol–water partition coefficient (Wildman–Crippen LogP) is 1.20. The first-order chi connectivity index (χ1) is 12.0. The van der Waals surface area contributed by atoms with Crippen LogP contribution in [0.3, 0.4) is 0 Å². The number of amides is 2. The van der Waals surface area contributed by atoms with E-state index in [0.29, 0.717) is 25.3 Å². The van der Waals surface area contributed by atoms with E-state index in [1.54, 1.807) is 18.2 Å². The van der Waals surface area contributed by atoms with Crippen molar-refractivity contribution in [3.05, 3.63) is 42.0 Å². The molecule has 0 bridgehead atoms. The molecule has 1 aliphatic rings. The summed E-state index contributed by atoms with van der Waals surface area (Å²) in [6, 6.07) is 6.20. The number of benzene rings is 1. The molecule has 1 aromatic rings. The molecule has 25 heavy (non-hydrogen) atoms. The van der Waals surface area contributed by atoms with Gasteiger partial charge in [-0.2, -0.15) is 0 Å². The normalized spacial score (nSPS) is 13.0. The van der Waals surface area contributed by atoms with E-state index >= 15 is 0 Å². The number of carbonyl (C=O) groups excluding carboxylic acids is 3. The van der Waals surface area contributed by atoms with Gasteiger partial charge >= 0.3 is 41.3 Å². The molecule has 0 radical (unpaired) electrons. The molecule has 0 aliphatic carbocycles. The molecule has 0 fully saturated rings. The van der Waals surface area contributed by atoms with E-state index in [9.17, 15) is 14.4 Å². The Morgan fingerprint density at radius 1 is 1.20 bits per heavy atom. The third kappa shape index (κ3) is 7.26. The molecule has 0 aromatic heterocycles. The van der Waals surface area contributed by atoms with E-state index in [4.69, 9.17) is 29.3 Å². The topological polar surface area (TPSA) is 102 Å². The molecule has 2 amide bonds. The van der Waals surface area contributed by atoms with Gasteiger partial charge in [-0.3, -0.25) is 9.59 Å². The van der Waals surface area contributed by atoms with Crippen LogP contribution in [-0.2, 0) is 30.8 Å². The van der Waals surface area contributed by atoms with Crippen LogP contribution in [0.5, 0.6) is 0 Å².